The van der Waals surface area contributed by atoms with Crippen LogP contribution in [0.25, 0.3) is 0 Å². The van der Waals surface area contributed by atoms with Gasteiger partial charge in [0.05, 0.1) is 0 Å². The molecule has 0 saturated heterocycles. The van der Waals surface area contributed by atoms with Crippen molar-refractivity contribution in [2.75, 3.05) is 0 Å². The summed E-state index contributed by atoms with van der Waals surface area (Å²) in [5.41, 5.74) is 0.486. The molecule has 0 aromatic heterocycles. The van der Waals surface area contributed by atoms with Crippen LogP contribution < -0.4 is 0 Å². The molecule has 2 radical (unpaired) electrons. The molecule has 0 spiro atoms. The van der Waals surface area contributed by atoms with E-state index in [0.29, 0.717) is 5.41 Å². The van der Waals surface area contributed by atoms with Crippen LogP contribution in [0.3, 0.4) is 0 Å². The Morgan fingerprint density at radius 2 is 2.00 bits per heavy atom. The van der Waals surface area contributed by atoms with E-state index in [2.05, 4.69) is 20.8 Å². The Kier molecular flexibility index (Phi) is 5.00. The van der Waals surface area contributed by atoms with Crippen LogP contribution in [0.5, 0.6) is 0 Å². The topological polar surface area (TPSA) is 20.2 Å². The maximum absolute atomic E-state index is 8.56. The molecule has 0 aliphatic rings. The third kappa shape index (κ3) is 5.00. The van der Waals surface area contributed by atoms with Gasteiger partial charge >= 0.3 is 0 Å². The van der Waals surface area contributed by atoms with Gasteiger partial charge in [-0.05, 0) is 17.9 Å². The Hall–Kier alpha value is 0.177. The second-order valence-corrected chi connectivity index (χ2v) is 4.35. The first-order valence-corrected chi connectivity index (χ1v) is 5.15. The molecule has 0 amide bonds. The van der Waals surface area contributed by atoms with E-state index in [1.807, 2.05) is 0 Å². The summed E-state index contributed by atoms with van der Waals surface area (Å²) in [7, 11) is 0.145. The van der Waals surface area contributed by atoms with Crippen LogP contribution in [0, 0.1) is 5.41 Å². The van der Waals surface area contributed by atoms with E-state index in [0.717, 1.165) is 6.04 Å². The summed E-state index contributed by atoms with van der Waals surface area (Å²) < 4.78 is 0. The molecule has 0 heterocycles. The fourth-order valence-corrected chi connectivity index (χ4v) is 1.16. The van der Waals surface area contributed by atoms with Crippen LogP contribution in [0.1, 0.15) is 40.0 Å². The third-order valence-electron chi connectivity index (χ3n) is 2.10. The van der Waals surface area contributed by atoms with Crippen LogP contribution in [0.2, 0.25) is 6.04 Å². The van der Waals surface area contributed by atoms with Crippen molar-refractivity contribution >= 4 is 9.76 Å². The lowest BCUT2D eigenvalue weighted by molar-refractivity contribution is 0.317. The van der Waals surface area contributed by atoms with E-state index in [1.165, 1.54) is 19.3 Å². The first-order chi connectivity index (χ1) is 4.62. The summed E-state index contributed by atoms with van der Waals surface area (Å²) in [5, 5.41) is 0. The van der Waals surface area contributed by atoms with E-state index in [9.17, 15) is 0 Å². The van der Waals surface area contributed by atoms with Gasteiger partial charge in [-0.3, -0.25) is 0 Å². The van der Waals surface area contributed by atoms with Crippen molar-refractivity contribution in [1.82, 2.24) is 0 Å². The first kappa shape index (κ1) is 10.2. The highest BCUT2D eigenvalue weighted by molar-refractivity contribution is 6.25. The molecule has 0 unspecified atom stereocenters. The molecule has 0 aromatic rings. The van der Waals surface area contributed by atoms with Crippen molar-refractivity contribution in [3.05, 3.63) is 0 Å². The monoisotopic (exact) mass is 158 g/mol. The molecule has 1 nitrogen and oxygen atoms in total. The van der Waals surface area contributed by atoms with Gasteiger partial charge in [-0.25, -0.2) is 0 Å². The molecule has 0 atom stereocenters. The van der Waals surface area contributed by atoms with Crippen molar-refractivity contribution in [3.63, 3.8) is 0 Å². The zero-order valence-corrected chi connectivity index (χ0v) is 8.28. The number of hydrogen-bond donors (Lipinski definition) is 1. The van der Waals surface area contributed by atoms with Gasteiger partial charge in [0.25, 0.3) is 0 Å². The van der Waals surface area contributed by atoms with E-state index in [-0.39, 0.29) is 9.76 Å². The number of hydrogen-bond acceptors (Lipinski definition) is 1. The predicted molar refractivity (Wildman–Crippen MR) is 46.1 cm³/mol. The fourth-order valence-electron chi connectivity index (χ4n) is 0.823. The Bertz CT molecular complexity index is 81.3. The summed E-state index contributed by atoms with van der Waals surface area (Å²) in [4.78, 5) is 8.56. The molecule has 10 heavy (non-hydrogen) atoms. The molecule has 60 valence electrons. The summed E-state index contributed by atoms with van der Waals surface area (Å²) in [6.45, 7) is 6.79. The predicted octanol–water partition coefficient (Wildman–Crippen LogP) is 2.23. The van der Waals surface area contributed by atoms with Gasteiger partial charge in [-0.1, -0.05) is 33.6 Å². The second-order valence-electron chi connectivity index (χ2n) is 3.53. The lowest BCUT2D eigenvalue weighted by Gasteiger charge is -2.21. The summed E-state index contributed by atoms with van der Waals surface area (Å²) >= 11 is 0. The van der Waals surface area contributed by atoms with Crippen molar-refractivity contribution < 1.29 is 4.80 Å². The lowest BCUT2D eigenvalue weighted by Crippen LogP contribution is -2.09. The van der Waals surface area contributed by atoms with Crippen LogP contribution in [-0.2, 0) is 0 Å². The van der Waals surface area contributed by atoms with Gasteiger partial charge in [-0.2, -0.15) is 0 Å². The van der Waals surface area contributed by atoms with Crippen molar-refractivity contribution in [2.45, 2.75) is 46.1 Å². The molecule has 0 fully saturated rings. The summed E-state index contributed by atoms with van der Waals surface area (Å²) in [5.74, 6) is 0. The minimum absolute atomic E-state index is 0.145. The SMILES string of the molecule is CCC(C)(C)CCC[Si]O. The van der Waals surface area contributed by atoms with Crippen LogP contribution >= 0.6 is 0 Å². The zero-order chi connectivity index (χ0) is 8.04. The minimum Gasteiger partial charge on any atom is -0.432 e. The van der Waals surface area contributed by atoms with Gasteiger partial charge in [-0.15, -0.1) is 0 Å². The van der Waals surface area contributed by atoms with Gasteiger partial charge in [0.15, 0.2) is 0 Å². The smallest absolute Gasteiger partial charge is 0.224 e. The molecule has 0 aliphatic carbocycles. The minimum atomic E-state index is 0.145. The molecule has 0 saturated carbocycles. The molecular weight excluding hydrogens is 140 g/mol. The average Bonchev–Trinajstić information content (AvgIpc) is 1.89. The number of rotatable bonds is 5. The highest BCUT2D eigenvalue weighted by Gasteiger charge is 2.13. The van der Waals surface area contributed by atoms with E-state index in [1.54, 1.807) is 0 Å². The molecule has 0 aromatic carbocycles. The van der Waals surface area contributed by atoms with E-state index >= 15 is 0 Å². The van der Waals surface area contributed by atoms with Crippen LogP contribution in [-0.4, -0.2) is 14.6 Å². The summed E-state index contributed by atoms with van der Waals surface area (Å²) in [6.07, 6.45) is 3.66. The molecule has 2 heteroatoms. The van der Waals surface area contributed by atoms with Crippen LogP contribution in [0.4, 0.5) is 0 Å². The maximum Gasteiger partial charge on any atom is 0.224 e. The largest absolute Gasteiger partial charge is 0.432 e. The van der Waals surface area contributed by atoms with Gasteiger partial charge < -0.3 is 4.80 Å². The summed E-state index contributed by atoms with van der Waals surface area (Å²) in [6, 6.07) is 0.990. The van der Waals surface area contributed by atoms with Crippen LogP contribution in [0.15, 0.2) is 0 Å². The second kappa shape index (κ2) is 4.91. The average molecular weight is 158 g/mol. The molecule has 0 rings (SSSR count). The highest BCUT2D eigenvalue weighted by Crippen LogP contribution is 2.26. The Labute approximate surface area is 66.8 Å². The van der Waals surface area contributed by atoms with Gasteiger partial charge in [0.1, 0.15) is 0 Å². The Morgan fingerprint density at radius 1 is 1.40 bits per heavy atom. The zero-order valence-electron chi connectivity index (χ0n) is 7.28. The van der Waals surface area contributed by atoms with Crippen molar-refractivity contribution in [1.29, 1.82) is 0 Å². The van der Waals surface area contributed by atoms with Gasteiger partial charge in [0, 0.05) is 0 Å². The van der Waals surface area contributed by atoms with Crippen molar-refractivity contribution in [3.8, 4) is 0 Å². The molecular formula is C8H18OSi. The first-order valence-electron chi connectivity index (χ1n) is 3.99. The van der Waals surface area contributed by atoms with E-state index in [4.69, 9.17) is 4.80 Å². The maximum atomic E-state index is 8.56. The van der Waals surface area contributed by atoms with E-state index < -0.39 is 0 Å². The standard InChI is InChI=1S/C8H18OSi/c1-4-8(2,3)6-5-7-10-9/h9H,4-7H2,1-3H3. The normalized spacial score (nSPS) is 12.0. The highest BCUT2D eigenvalue weighted by atomic mass is 28.2. The van der Waals surface area contributed by atoms with Crippen molar-refractivity contribution in [2.24, 2.45) is 5.41 Å². The molecule has 0 bridgehead atoms. The molecule has 0 aliphatic heterocycles. The third-order valence-corrected chi connectivity index (χ3v) is 2.68. The Morgan fingerprint density at radius 3 is 2.40 bits per heavy atom. The fraction of sp³-hybridized carbons (Fsp3) is 1.00. The Balaban J connectivity index is 3.28. The lowest BCUT2D eigenvalue weighted by atomic mass is 9.85. The van der Waals surface area contributed by atoms with Gasteiger partial charge in [0.2, 0.25) is 9.76 Å². The quantitative estimate of drug-likeness (QED) is 0.480. The molecule has 1 N–H and O–H groups in total.